The molecule has 1 heterocycles. The van der Waals surface area contributed by atoms with Crippen LogP contribution in [0.3, 0.4) is 0 Å². The first-order valence-electron chi connectivity index (χ1n) is 10.2. The van der Waals surface area contributed by atoms with E-state index in [1.165, 1.54) is 42.5 Å². The molecule has 0 aromatic heterocycles. The van der Waals surface area contributed by atoms with Crippen LogP contribution >= 0.6 is 0 Å². The molecule has 0 spiro atoms. The van der Waals surface area contributed by atoms with Gasteiger partial charge in [0.05, 0.1) is 17.0 Å². The number of rotatable bonds is 7. The minimum Gasteiger partial charge on any atom is -0.365 e. The van der Waals surface area contributed by atoms with Crippen molar-refractivity contribution in [3.63, 3.8) is 0 Å². The Bertz CT molecular complexity index is 1260. The van der Waals surface area contributed by atoms with Gasteiger partial charge in [-0.3, -0.25) is 24.6 Å². The molecule has 0 unspecified atom stereocenters. The van der Waals surface area contributed by atoms with Crippen molar-refractivity contribution in [2.75, 3.05) is 7.05 Å². The van der Waals surface area contributed by atoms with Crippen LogP contribution < -0.4 is 0 Å². The zero-order valence-electron chi connectivity index (χ0n) is 17.8. The van der Waals surface area contributed by atoms with Crippen LogP contribution in [0.4, 0.5) is 10.1 Å². The molecule has 0 aliphatic carbocycles. The van der Waals surface area contributed by atoms with Crippen LogP contribution in [0.5, 0.6) is 0 Å². The Hall–Kier alpha value is -4.33. The number of imide groups is 1. The molecule has 3 aromatic rings. The zero-order chi connectivity index (χ0) is 23.5. The summed E-state index contributed by atoms with van der Waals surface area (Å²) in [5.41, 5.74) is 1.69. The van der Waals surface area contributed by atoms with Crippen molar-refractivity contribution in [3.8, 4) is 0 Å². The normalized spacial score (nSPS) is 13.6. The number of non-ortho nitro benzene ring substituents is 1. The summed E-state index contributed by atoms with van der Waals surface area (Å²) in [5, 5.41) is 11.0. The number of amides is 2. The van der Waals surface area contributed by atoms with Gasteiger partial charge < -0.3 is 4.90 Å². The lowest BCUT2D eigenvalue weighted by molar-refractivity contribution is -0.384. The van der Waals surface area contributed by atoms with Gasteiger partial charge in [0.2, 0.25) is 0 Å². The lowest BCUT2D eigenvalue weighted by atomic mass is 10.0. The fourth-order valence-electron chi connectivity index (χ4n) is 3.80. The van der Waals surface area contributed by atoms with Gasteiger partial charge in [-0.15, -0.1) is 0 Å². The monoisotopic (exact) mass is 445 g/mol. The molecule has 0 fully saturated rings. The van der Waals surface area contributed by atoms with E-state index in [0.717, 1.165) is 10.5 Å². The third kappa shape index (κ3) is 4.36. The minimum atomic E-state index is -0.577. The molecule has 3 aromatic carbocycles. The highest BCUT2D eigenvalue weighted by molar-refractivity contribution is 6.35. The number of hydrogen-bond acceptors (Lipinski definition) is 5. The summed E-state index contributed by atoms with van der Waals surface area (Å²) in [6.45, 7) is 0.142. The average molecular weight is 445 g/mol. The lowest BCUT2D eigenvalue weighted by Gasteiger charge is -2.21. The van der Waals surface area contributed by atoms with Gasteiger partial charge in [0.25, 0.3) is 17.5 Å². The van der Waals surface area contributed by atoms with Gasteiger partial charge in [-0.05, 0) is 29.3 Å². The molecular weight excluding hydrogens is 425 g/mol. The Morgan fingerprint density at radius 3 is 2.18 bits per heavy atom. The summed E-state index contributed by atoms with van der Waals surface area (Å²) in [7, 11) is 1.70. The third-order valence-electron chi connectivity index (χ3n) is 5.44. The lowest BCUT2D eigenvalue weighted by Crippen LogP contribution is -2.34. The van der Waals surface area contributed by atoms with Gasteiger partial charge in [0.15, 0.2) is 0 Å². The van der Waals surface area contributed by atoms with E-state index in [9.17, 15) is 24.1 Å². The van der Waals surface area contributed by atoms with E-state index in [-0.39, 0.29) is 29.1 Å². The molecule has 166 valence electrons. The fraction of sp³-hybridized carbons (Fsp3) is 0.120. The maximum atomic E-state index is 14.2. The molecule has 7 nitrogen and oxygen atoms in total. The summed E-state index contributed by atoms with van der Waals surface area (Å²) in [6.07, 6.45) is 0. The summed E-state index contributed by atoms with van der Waals surface area (Å²) >= 11 is 0. The van der Waals surface area contributed by atoms with Gasteiger partial charge in [-0.2, -0.15) is 0 Å². The van der Waals surface area contributed by atoms with Crippen molar-refractivity contribution in [1.82, 2.24) is 9.80 Å². The van der Waals surface area contributed by atoms with E-state index < -0.39 is 22.6 Å². The number of halogens is 1. The summed E-state index contributed by atoms with van der Waals surface area (Å²) < 4.78 is 14.2. The smallest absolute Gasteiger partial charge is 0.278 e. The summed E-state index contributed by atoms with van der Waals surface area (Å²) in [4.78, 5) is 40.0. The number of nitro benzene ring substituents is 1. The van der Waals surface area contributed by atoms with Crippen LogP contribution in [0, 0.1) is 15.9 Å². The third-order valence-corrected chi connectivity index (χ3v) is 5.44. The highest BCUT2D eigenvalue weighted by atomic mass is 19.1. The predicted octanol–water partition coefficient (Wildman–Crippen LogP) is 4.15. The van der Waals surface area contributed by atoms with Gasteiger partial charge in [0, 0.05) is 31.3 Å². The van der Waals surface area contributed by atoms with E-state index in [1.807, 2.05) is 30.3 Å². The Morgan fingerprint density at radius 1 is 0.909 bits per heavy atom. The molecule has 1 aliphatic rings. The molecule has 4 rings (SSSR count). The van der Waals surface area contributed by atoms with Gasteiger partial charge in [-0.25, -0.2) is 4.39 Å². The standard InChI is InChI=1S/C25H20FN3O4/c1-27(15-17-7-3-2-4-8-17)23-22(18-11-13-20(14-12-18)29(32)33)24(30)28(25(23)31)16-19-9-5-6-10-21(19)26/h2-14H,15-16H2,1H3. The number of carbonyl (C=O) groups is 2. The van der Waals surface area contributed by atoms with Crippen LogP contribution in [-0.4, -0.2) is 33.6 Å². The Kier molecular flexibility index (Phi) is 5.99. The summed E-state index contributed by atoms with van der Waals surface area (Å²) in [6, 6.07) is 20.9. The number of carbonyl (C=O) groups excluding carboxylic acids is 2. The Labute approximate surface area is 189 Å². The first-order chi connectivity index (χ1) is 15.9. The molecule has 1 aliphatic heterocycles. The maximum Gasteiger partial charge on any atom is 0.278 e. The average Bonchev–Trinajstić information content (AvgIpc) is 3.06. The molecule has 0 bridgehead atoms. The Balaban J connectivity index is 1.75. The minimum absolute atomic E-state index is 0.126. The van der Waals surface area contributed by atoms with Crippen molar-refractivity contribution >= 4 is 23.1 Å². The van der Waals surface area contributed by atoms with E-state index in [2.05, 4.69) is 0 Å². The van der Waals surface area contributed by atoms with E-state index in [4.69, 9.17) is 0 Å². The molecule has 0 atom stereocenters. The highest BCUT2D eigenvalue weighted by Gasteiger charge is 2.41. The number of benzene rings is 3. The number of likely N-dealkylation sites (N-methyl/N-ethyl adjacent to an activating group) is 1. The van der Waals surface area contributed by atoms with Crippen LogP contribution in [0.15, 0.2) is 84.6 Å². The number of nitro groups is 1. The van der Waals surface area contributed by atoms with Crippen molar-refractivity contribution in [2.45, 2.75) is 13.1 Å². The second kappa shape index (κ2) is 9.04. The van der Waals surface area contributed by atoms with E-state index >= 15 is 0 Å². The zero-order valence-corrected chi connectivity index (χ0v) is 17.8. The quantitative estimate of drug-likeness (QED) is 0.310. The largest absolute Gasteiger partial charge is 0.365 e. The van der Waals surface area contributed by atoms with E-state index in [0.29, 0.717) is 12.1 Å². The molecule has 0 N–H and O–H groups in total. The first kappa shape index (κ1) is 21.9. The van der Waals surface area contributed by atoms with Gasteiger partial charge in [0.1, 0.15) is 11.5 Å². The van der Waals surface area contributed by atoms with Crippen LogP contribution in [-0.2, 0) is 22.7 Å². The van der Waals surface area contributed by atoms with Crippen LogP contribution in [0.25, 0.3) is 5.57 Å². The van der Waals surface area contributed by atoms with Crippen molar-refractivity contribution in [1.29, 1.82) is 0 Å². The highest BCUT2D eigenvalue weighted by Crippen LogP contribution is 2.33. The maximum absolute atomic E-state index is 14.2. The number of hydrogen-bond donors (Lipinski definition) is 0. The van der Waals surface area contributed by atoms with E-state index in [1.54, 1.807) is 18.0 Å². The fourth-order valence-corrected chi connectivity index (χ4v) is 3.80. The van der Waals surface area contributed by atoms with Crippen molar-refractivity contribution < 1.29 is 18.9 Å². The first-order valence-corrected chi connectivity index (χ1v) is 10.2. The Morgan fingerprint density at radius 2 is 1.55 bits per heavy atom. The molecule has 0 radical (unpaired) electrons. The summed E-state index contributed by atoms with van der Waals surface area (Å²) in [5.74, 6) is -1.64. The second-order valence-electron chi connectivity index (χ2n) is 7.66. The molecular formula is C25H20FN3O4. The molecule has 8 heteroatoms. The van der Waals surface area contributed by atoms with Crippen molar-refractivity contribution in [3.05, 3.63) is 117 Å². The van der Waals surface area contributed by atoms with Crippen molar-refractivity contribution in [2.24, 2.45) is 0 Å². The molecule has 0 saturated heterocycles. The topological polar surface area (TPSA) is 83.8 Å². The van der Waals surface area contributed by atoms with Crippen LogP contribution in [0.2, 0.25) is 0 Å². The van der Waals surface area contributed by atoms with Gasteiger partial charge in [-0.1, -0.05) is 48.5 Å². The van der Waals surface area contributed by atoms with Gasteiger partial charge >= 0.3 is 0 Å². The molecule has 2 amide bonds. The number of nitrogens with zero attached hydrogens (tertiary/aromatic N) is 3. The molecule has 0 saturated carbocycles. The predicted molar refractivity (Wildman–Crippen MR) is 120 cm³/mol. The molecule has 33 heavy (non-hydrogen) atoms. The SMILES string of the molecule is CN(Cc1ccccc1)C1=C(c2ccc([N+](=O)[O-])cc2)C(=O)N(Cc2ccccc2F)C1=O. The van der Waals surface area contributed by atoms with Crippen LogP contribution in [0.1, 0.15) is 16.7 Å². The second-order valence-corrected chi connectivity index (χ2v) is 7.66.